The molecule has 3 aromatic carbocycles. The Labute approximate surface area is 209 Å². The number of amides is 2. The molecule has 1 aliphatic rings. The number of hydrogen-bond acceptors (Lipinski definition) is 4. The molecule has 0 radical (unpaired) electrons. The lowest BCUT2D eigenvalue weighted by Crippen LogP contribution is -2.53. The lowest BCUT2D eigenvalue weighted by molar-refractivity contribution is -0.121. The van der Waals surface area contributed by atoms with Gasteiger partial charge in [-0.15, -0.1) is 0 Å². The van der Waals surface area contributed by atoms with Crippen molar-refractivity contribution in [1.82, 2.24) is 15.1 Å². The van der Waals surface area contributed by atoms with E-state index in [4.69, 9.17) is 0 Å². The number of piperazine rings is 1. The van der Waals surface area contributed by atoms with Crippen LogP contribution in [0, 0.1) is 11.6 Å². The summed E-state index contributed by atoms with van der Waals surface area (Å²) in [4.78, 5) is 29.2. The minimum atomic E-state index is -0.370. The SMILES string of the molecule is CNC(=O)c1cccc(NC(=O)C(C)N2CCN(C(c3ccc(F)cc3)c3ccc(F)cc3)CC2)c1. The van der Waals surface area contributed by atoms with Gasteiger partial charge in [0.1, 0.15) is 11.6 Å². The number of nitrogens with one attached hydrogen (secondary N) is 2. The Morgan fingerprint density at radius 3 is 1.86 bits per heavy atom. The maximum absolute atomic E-state index is 13.6. The summed E-state index contributed by atoms with van der Waals surface area (Å²) in [5, 5.41) is 5.49. The molecule has 4 rings (SSSR count). The number of halogens is 2. The van der Waals surface area contributed by atoms with Gasteiger partial charge in [-0.1, -0.05) is 30.3 Å². The van der Waals surface area contributed by atoms with Crippen LogP contribution in [0.2, 0.25) is 0 Å². The van der Waals surface area contributed by atoms with Crippen molar-refractivity contribution in [2.24, 2.45) is 0 Å². The molecule has 8 heteroatoms. The van der Waals surface area contributed by atoms with Crippen molar-refractivity contribution in [3.63, 3.8) is 0 Å². The summed E-state index contributed by atoms with van der Waals surface area (Å²) in [5.74, 6) is -0.970. The Balaban J connectivity index is 1.43. The van der Waals surface area contributed by atoms with Crippen LogP contribution in [-0.2, 0) is 4.79 Å². The fourth-order valence-corrected chi connectivity index (χ4v) is 4.58. The van der Waals surface area contributed by atoms with Gasteiger partial charge < -0.3 is 10.6 Å². The molecule has 1 atom stereocenters. The molecule has 0 aliphatic carbocycles. The predicted octanol–water partition coefficient (Wildman–Crippen LogP) is 4.06. The Morgan fingerprint density at radius 1 is 0.806 bits per heavy atom. The molecule has 2 N–H and O–H groups in total. The normalized spacial score (nSPS) is 15.5. The van der Waals surface area contributed by atoms with E-state index < -0.39 is 0 Å². The highest BCUT2D eigenvalue weighted by atomic mass is 19.1. The zero-order valence-corrected chi connectivity index (χ0v) is 20.4. The average Bonchev–Trinajstić information content (AvgIpc) is 2.90. The van der Waals surface area contributed by atoms with Gasteiger partial charge in [-0.2, -0.15) is 0 Å². The summed E-state index contributed by atoms with van der Waals surface area (Å²) in [5.41, 5.74) is 2.90. The maximum atomic E-state index is 13.6. The summed E-state index contributed by atoms with van der Waals surface area (Å²) in [6.45, 7) is 4.55. The van der Waals surface area contributed by atoms with E-state index in [9.17, 15) is 18.4 Å². The van der Waals surface area contributed by atoms with E-state index in [2.05, 4.69) is 20.4 Å². The molecule has 2 amide bonds. The van der Waals surface area contributed by atoms with Crippen LogP contribution in [0.3, 0.4) is 0 Å². The molecule has 1 aliphatic heterocycles. The Hall–Kier alpha value is -3.62. The van der Waals surface area contributed by atoms with Gasteiger partial charge in [0.05, 0.1) is 12.1 Å². The second-order valence-electron chi connectivity index (χ2n) is 8.90. The van der Waals surface area contributed by atoms with Gasteiger partial charge >= 0.3 is 0 Å². The van der Waals surface area contributed by atoms with Gasteiger partial charge in [-0.25, -0.2) is 8.78 Å². The minimum absolute atomic E-state index is 0.147. The summed E-state index contributed by atoms with van der Waals surface area (Å²) in [6.07, 6.45) is 0. The Bertz CT molecular complexity index is 1150. The molecule has 3 aromatic rings. The second kappa shape index (κ2) is 11.4. The highest BCUT2D eigenvalue weighted by molar-refractivity contribution is 5.98. The quantitative estimate of drug-likeness (QED) is 0.522. The van der Waals surface area contributed by atoms with Crippen LogP contribution in [0.4, 0.5) is 14.5 Å². The average molecular weight is 493 g/mol. The Morgan fingerprint density at radius 2 is 1.33 bits per heavy atom. The number of rotatable bonds is 7. The number of anilines is 1. The molecule has 0 spiro atoms. The van der Waals surface area contributed by atoms with Gasteiger partial charge in [-0.3, -0.25) is 19.4 Å². The van der Waals surface area contributed by atoms with E-state index in [1.807, 2.05) is 6.92 Å². The number of nitrogens with zero attached hydrogens (tertiary/aromatic N) is 2. The van der Waals surface area contributed by atoms with Gasteiger partial charge in [-0.05, 0) is 60.5 Å². The minimum Gasteiger partial charge on any atom is -0.355 e. The molecule has 0 aromatic heterocycles. The molecular formula is C28H30F2N4O2. The lowest BCUT2D eigenvalue weighted by Gasteiger charge is -2.41. The number of hydrogen-bond donors (Lipinski definition) is 2. The highest BCUT2D eigenvalue weighted by Gasteiger charge is 2.30. The summed E-state index contributed by atoms with van der Waals surface area (Å²) < 4.78 is 27.1. The molecule has 1 unspecified atom stereocenters. The van der Waals surface area contributed by atoms with Crippen LogP contribution in [0.1, 0.15) is 34.5 Å². The van der Waals surface area contributed by atoms with E-state index in [-0.39, 0.29) is 35.5 Å². The van der Waals surface area contributed by atoms with E-state index in [1.54, 1.807) is 55.6 Å². The predicted molar refractivity (Wildman–Crippen MR) is 136 cm³/mol. The van der Waals surface area contributed by atoms with Gasteiger partial charge in [0.15, 0.2) is 0 Å². The molecule has 1 saturated heterocycles. The molecule has 188 valence electrons. The van der Waals surface area contributed by atoms with Crippen molar-refractivity contribution < 1.29 is 18.4 Å². The van der Waals surface area contributed by atoms with Crippen molar-refractivity contribution in [3.8, 4) is 0 Å². The van der Waals surface area contributed by atoms with Crippen molar-refractivity contribution in [3.05, 3.63) is 101 Å². The zero-order valence-electron chi connectivity index (χ0n) is 20.4. The fraction of sp³-hybridized carbons (Fsp3) is 0.286. The summed E-state index contributed by atoms with van der Waals surface area (Å²) in [6, 6.07) is 19.1. The van der Waals surface area contributed by atoms with Crippen molar-refractivity contribution >= 4 is 17.5 Å². The number of benzene rings is 3. The van der Waals surface area contributed by atoms with Crippen LogP contribution in [0.25, 0.3) is 0 Å². The molecule has 36 heavy (non-hydrogen) atoms. The first-order chi connectivity index (χ1) is 17.4. The maximum Gasteiger partial charge on any atom is 0.251 e. The van der Waals surface area contributed by atoms with Crippen molar-refractivity contribution in [1.29, 1.82) is 0 Å². The van der Waals surface area contributed by atoms with Crippen LogP contribution in [0.15, 0.2) is 72.8 Å². The van der Waals surface area contributed by atoms with Gasteiger partial charge in [0, 0.05) is 44.5 Å². The topological polar surface area (TPSA) is 64.7 Å². The van der Waals surface area contributed by atoms with Crippen molar-refractivity contribution in [2.45, 2.75) is 19.0 Å². The van der Waals surface area contributed by atoms with Crippen LogP contribution >= 0.6 is 0 Å². The largest absolute Gasteiger partial charge is 0.355 e. The summed E-state index contributed by atoms with van der Waals surface area (Å²) in [7, 11) is 1.56. The van der Waals surface area contributed by atoms with Gasteiger partial charge in [0.2, 0.25) is 5.91 Å². The first kappa shape index (κ1) is 25.5. The third kappa shape index (κ3) is 5.95. The first-order valence-electron chi connectivity index (χ1n) is 12.0. The third-order valence-electron chi connectivity index (χ3n) is 6.63. The molecule has 1 fully saturated rings. The summed E-state index contributed by atoms with van der Waals surface area (Å²) >= 11 is 0. The van der Waals surface area contributed by atoms with E-state index >= 15 is 0 Å². The van der Waals surface area contributed by atoms with E-state index in [0.717, 1.165) is 11.1 Å². The van der Waals surface area contributed by atoms with Crippen LogP contribution < -0.4 is 10.6 Å². The monoisotopic (exact) mass is 492 g/mol. The van der Waals surface area contributed by atoms with Crippen LogP contribution in [0.5, 0.6) is 0 Å². The van der Waals surface area contributed by atoms with Gasteiger partial charge in [0.25, 0.3) is 5.91 Å². The molecule has 1 heterocycles. The number of carbonyl (C=O) groups is 2. The van der Waals surface area contributed by atoms with E-state index in [1.165, 1.54) is 24.3 Å². The third-order valence-corrected chi connectivity index (χ3v) is 6.63. The Kier molecular flexibility index (Phi) is 8.07. The fourth-order valence-electron chi connectivity index (χ4n) is 4.58. The molecule has 0 bridgehead atoms. The number of carbonyl (C=O) groups excluding carboxylic acids is 2. The smallest absolute Gasteiger partial charge is 0.251 e. The first-order valence-corrected chi connectivity index (χ1v) is 12.0. The second-order valence-corrected chi connectivity index (χ2v) is 8.90. The standard InChI is InChI=1S/C28H30F2N4O2/c1-19(27(35)32-25-5-3-4-22(18-25)28(36)31-2)33-14-16-34(17-15-33)26(20-6-10-23(29)11-7-20)21-8-12-24(30)13-9-21/h3-13,18-19,26H,14-17H2,1-2H3,(H,31,36)(H,32,35). The molecule has 6 nitrogen and oxygen atoms in total. The van der Waals surface area contributed by atoms with E-state index in [0.29, 0.717) is 37.4 Å². The molecule has 0 saturated carbocycles. The lowest BCUT2D eigenvalue weighted by atomic mass is 9.96. The van der Waals surface area contributed by atoms with Crippen LogP contribution in [-0.4, -0.2) is 60.9 Å². The molecular weight excluding hydrogens is 462 g/mol. The van der Waals surface area contributed by atoms with Crippen molar-refractivity contribution in [2.75, 3.05) is 38.5 Å². The highest BCUT2D eigenvalue weighted by Crippen LogP contribution is 2.30. The zero-order chi connectivity index (χ0) is 25.7.